The van der Waals surface area contributed by atoms with Crippen molar-refractivity contribution in [3.63, 3.8) is 0 Å². The van der Waals surface area contributed by atoms with Crippen molar-refractivity contribution in [2.75, 3.05) is 26.5 Å². The first-order valence-electron chi connectivity index (χ1n) is 3.65. The zero-order valence-corrected chi connectivity index (χ0v) is 8.50. The predicted molar refractivity (Wildman–Crippen MR) is 48.2 cm³/mol. The van der Waals surface area contributed by atoms with Crippen LogP contribution in [0.5, 0.6) is 0 Å². The molecule has 4 nitrogen and oxygen atoms in total. The Labute approximate surface area is 73.8 Å². The molecule has 12 heavy (non-hydrogen) atoms. The number of quaternary nitrogens is 1. The van der Waals surface area contributed by atoms with Crippen LogP contribution in [0.4, 0.5) is 0 Å². The number of hydrogen-bond acceptors (Lipinski definition) is 2. The molecule has 0 aliphatic rings. The molecule has 0 bridgehead atoms. The maximum atomic E-state index is 10.5. The van der Waals surface area contributed by atoms with Crippen molar-refractivity contribution in [3.8, 4) is 0 Å². The van der Waals surface area contributed by atoms with Gasteiger partial charge in [0.1, 0.15) is 0 Å². The lowest BCUT2D eigenvalue weighted by Crippen LogP contribution is -2.43. The van der Waals surface area contributed by atoms with Crippen LogP contribution in [-0.4, -0.2) is 44.0 Å². The number of allylic oxidation sites excluding steroid dienone is 1. The van der Waals surface area contributed by atoms with Crippen LogP contribution in [0.3, 0.4) is 0 Å². The minimum absolute atomic E-state index is 0.239. The molecule has 0 rings (SSSR count). The molecule has 0 unspecified atom stereocenters. The topological polar surface area (TPSA) is 54.4 Å². The molecule has 0 aliphatic heterocycles. The van der Waals surface area contributed by atoms with E-state index in [-0.39, 0.29) is 10.4 Å². The van der Waals surface area contributed by atoms with Gasteiger partial charge in [-0.2, -0.15) is 8.42 Å². The lowest BCUT2D eigenvalue weighted by atomic mass is 10.4. The van der Waals surface area contributed by atoms with E-state index in [9.17, 15) is 8.42 Å². The molecule has 72 valence electrons. The molecule has 0 spiro atoms. The summed E-state index contributed by atoms with van der Waals surface area (Å²) in [5, 5.41) is 0. The van der Waals surface area contributed by atoms with Gasteiger partial charge in [-0.05, 0) is 13.0 Å². The first kappa shape index (κ1) is 11.6. The molecule has 0 amide bonds. The molecule has 0 atom stereocenters. The van der Waals surface area contributed by atoms with E-state index < -0.39 is 10.1 Å². The van der Waals surface area contributed by atoms with Gasteiger partial charge in [0.2, 0.25) is 5.88 Å². The Bertz CT molecular complexity index is 254. The average molecular weight is 194 g/mol. The van der Waals surface area contributed by atoms with E-state index in [1.54, 1.807) is 14.1 Å². The Morgan fingerprint density at radius 1 is 1.42 bits per heavy atom. The second-order valence-electron chi connectivity index (χ2n) is 3.40. The van der Waals surface area contributed by atoms with Gasteiger partial charge in [0, 0.05) is 0 Å². The monoisotopic (exact) mass is 194 g/mol. The van der Waals surface area contributed by atoms with E-state index in [1.807, 2.05) is 19.1 Å². The fourth-order valence-electron chi connectivity index (χ4n) is 0.885. The molecule has 0 aliphatic carbocycles. The normalized spacial score (nSPS) is 14.0. The molecular weight excluding hydrogens is 178 g/mol. The van der Waals surface area contributed by atoms with Gasteiger partial charge in [0.25, 0.3) is 0 Å². The van der Waals surface area contributed by atoms with E-state index in [4.69, 9.17) is 4.55 Å². The fourth-order valence-corrected chi connectivity index (χ4v) is 1.87. The Morgan fingerprint density at radius 2 is 1.92 bits per heavy atom. The first-order chi connectivity index (χ1) is 5.27. The SMILES string of the molecule is C/C=C\C[N+](C)(C)CS(=O)(=O)O. The summed E-state index contributed by atoms with van der Waals surface area (Å²) >= 11 is 0. The smallest absolute Gasteiger partial charge is 0.311 e. The quantitative estimate of drug-likeness (QED) is 0.402. The summed E-state index contributed by atoms with van der Waals surface area (Å²) in [5.74, 6) is -0.253. The van der Waals surface area contributed by atoms with Crippen LogP contribution in [0.25, 0.3) is 0 Å². The third-order valence-electron chi connectivity index (χ3n) is 1.35. The summed E-state index contributed by atoms with van der Waals surface area (Å²) in [6.07, 6.45) is 3.72. The third-order valence-corrected chi connectivity index (χ3v) is 2.37. The molecule has 0 saturated heterocycles. The molecule has 0 saturated carbocycles. The van der Waals surface area contributed by atoms with E-state index in [1.165, 1.54) is 0 Å². The summed E-state index contributed by atoms with van der Waals surface area (Å²) in [6.45, 7) is 2.46. The van der Waals surface area contributed by atoms with Crippen molar-refractivity contribution in [2.45, 2.75) is 6.92 Å². The molecule has 1 N–H and O–H groups in total. The van der Waals surface area contributed by atoms with Crippen molar-refractivity contribution in [1.29, 1.82) is 0 Å². The highest BCUT2D eigenvalue weighted by Crippen LogP contribution is 2.00. The number of nitrogens with zero attached hydrogens (tertiary/aromatic N) is 1. The Balaban J connectivity index is 4.23. The highest BCUT2D eigenvalue weighted by atomic mass is 32.2. The van der Waals surface area contributed by atoms with E-state index in [2.05, 4.69) is 0 Å². The average Bonchev–Trinajstić information content (AvgIpc) is 1.78. The zero-order chi connectivity index (χ0) is 9.83. The van der Waals surface area contributed by atoms with Crippen molar-refractivity contribution >= 4 is 10.1 Å². The largest absolute Gasteiger partial charge is 0.316 e. The maximum Gasteiger partial charge on any atom is 0.316 e. The molecular formula is C7H16NO3S+. The summed E-state index contributed by atoms with van der Waals surface area (Å²) in [5.41, 5.74) is 0. The fraction of sp³-hybridized carbons (Fsp3) is 0.714. The standard InChI is InChI=1S/C7H15NO3S/c1-4-5-6-8(2,3)7-12(9,10)11/h4-5H,6-7H2,1-3H3/p+1/b5-4-. The number of rotatable bonds is 4. The Kier molecular flexibility index (Phi) is 3.89. The minimum Gasteiger partial charge on any atom is -0.311 e. The minimum atomic E-state index is -3.87. The zero-order valence-electron chi connectivity index (χ0n) is 7.69. The Hall–Kier alpha value is -0.390. The van der Waals surface area contributed by atoms with Crippen LogP contribution in [0.2, 0.25) is 0 Å². The summed E-state index contributed by atoms with van der Waals surface area (Å²) in [4.78, 5) is 0. The van der Waals surface area contributed by atoms with Crippen LogP contribution in [0.1, 0.15) is 6.92 Å². The third kappa shape index (κ3) is 6.33. The maximum absolute atomic E-state index is 10.5. The van der Waals surface area contributed by atoms with Gasteiger partial charge < -0.3 is 4.48 Å². The van der Waals surface area contributed by atoms with Crippen LogP contribution >= 0.6 is 0 Å². The predicted octanol–water partition coefficient (Wildman–Crippen LogP) is 0.484. The van der Waals surface area contributed by atoms with Crippen LogP contribution in [0.15, 0.2) is 12.2 Å². The molecule has 0 aromatic rings. The van der Waals surface area contributed by atoms with Gasteiger partial charge >= 0.3 is 10.1 Å². The van der Waals surface area contributed by atoms with Crippen molar-refractivity contribution in [2.24, 2.45) is 0 Å². The van der Waals surface area contributed by atoms with Crippen LogP contribution < -0.4 is 0 Å². The summed E-state index contributed by atoms with van der Waals surface area (Å²) in [6, 6.07) is 0. The Morgan fingerprint density at radius 3 is 2.25 bits per heavy atom. The highest BCUT2D eigenvalue weighted by Gasteiger charge is 2.21. The van der Waals surface area contributed by atoms with Gasteiger partial charge in [-0.1, -0.05) is 6.08 Å². The van der Waals surface area contributed by atoms with Crippen molar-refractivity contribution in [3.05, 3.63) is 12.2 Å². The molecule has 0 fully saturated rings. The van der Waals surface area contributed by atoms with Gasteiger partial charge in [-0.3, -0.25) is 4.55 Å². The molecule has 5 heteroatoms. The van der Waals surface area contributed by atoms with Gasteiger partial charge in [0.05, 0.1) is 20.6 Å². The molecule has 0 aromatic heterocycles. The van der Waals surface area contributed by atoms with E-state index in [0.717, 1.165) is 0 Å². The number of likely N-dealkylation sites (N-methyl/N-ethyl adjacent to an activating group) is 1. The van der Waals surface area contributed by atoms with Gasteiger partial charge in [-0.25, -0.2) is 0 Å². The van der Waals surface area contributed by atoms with Crippen LogP contribution in [-0.2, 0) is 10.1 Å². The second-order valence-corrected chi connectivity index (χ2v) is 4.82. The van der Waals surface area contributed by atoms with E-state index >= 15 is 0 Å². The molecule has 0 radical (unpaired) electrons. The molecule has 0 aromatic carbocycles. The van der Waals surface area contributed by atoms with Gasteiger partial charge in [0.15, 0.2) is 0 Å². The first-order valence-corrected chi connectivity index (χ1v) is 5.26. The van der Waals surface area contributed by atoms with Crippen LogP contribution in [0, 0.1) is 0 Å². The van der Waals surface area contributed by atoms with E-state index in [0.29, 0.717) is 6.54 Å². The number of hydrogen-bond donors (Lipinski definition) is 1. The molecule has 0 heterocycles. The summed E-state index contributed by atoms with van der Waals surface area (Å²) in [7, 11) is -0.386. The lowest BCUT2D eigenvalue weighted by molar-refractivity contribution is -0.872. The second kappa shape index (κ2) is 4.02. The van der Waals surface area contributed by atoms with Crippen molar-refractivity contribution < 1.29 is 17.5 Å². The lowest BCUT2D eigenvalue weighted by Gasteiger charge is -2.26. The summed E-state index contributed by atoms with van der Waals surface area (Å²) < 4.78 is 29.9. The highest BCUT2D eigenvalue weighted by molar-refractivity contribution is 7.85. The van der Waals surface area contributed by atoms with Crippen molar-refractivity contribution in [1.82, 2.24) is 0 Å². The van der Waals surface area contributed by atoms with Gasteiger partial charge in [-0.15, -0.1) is 0 Å².